The maximum absolute atomic E-state index is 12.8. The van der Waals surface area contributed by atoms with Crippen molar-refractivity contribution in [3.8, 4) is 0 Å². The van der Waals surface area contributed by atoms with E-state index >= 15 is 0 Å². The molecule has 0 saturated carbocycles. The number of rotatable bonds is 2. The van der Waals surface area contributed by atoms with Crippen LogP contribution in [0.5, 0.6) is 0 Å². The molecule has 1 amide bonds. The summed E-state index contributed by atoms with van der Waals surface area (Å²) in [5, 5.41) is 13.4. The van der Waals surface area contributed by atoms with E-state index in [4.69, 9.17) is 0 Å². The Kier molecular flexibility index (Phi) is 2.98. The van der Waals surface area contributed by atoms with Crippen LogP contribution in [0.25, 0.3) is 0 Å². The van der Waals surface area contributed by atoms with Gasteiger partial charge in [0.25, 0.3) is 0 Å². The van der Waals surface area contributed by atoms with E-state index < -0.39 is 35.1 Å². The zero-order valence-corrected chi connectivity index (χ0v) is 13.3. The number of aliphatic hydroxyl groups is 1. The topological polar surface area (TPSA) is 83.5 Å². The first-order valence-corrected chi connectivity index (χ1v) is 10.0. The number of carbonyl (C=O) groups excluding carboxylic acids is 1. The van der Waals surface area contributed by atoms with Gasteiger partial charge in [-0.2, -0.15) is 0 Å². The number of fused-ring (bicyclic) bond motifs is 1. The van der Waals surface area contributed by atoms with Crippen LogP contribution in [-0.2, 0) is 12.5 Å². The van der Waals surface area contributed by atoms with Gasteiger partial charge in [0.1, 0.15) is 0 Å². The minimum atomic E-state index is -4.67. The van der Waals surface area contributed by atoms with Gasteiger partial charge in [-0.25, -0.2) is 0 Å². The minimum absolute atomic E-state index is 0.254. The SMILES string of the molecule is CC1=C(C)[Se](=O)(=O)[C@@]2([C@@H](O)[C@@H]3C=CCCC3)C(=O)N[C@@H]12. The summed E-state index contributed by atoms with van der Waals surface area (Å²) in [5.41, 5.74) is 0.674. The molecule has 110 valence electrons. The fourth-order valence-corrected chi connectivity index (χ4v) is 8.68. The number of hydrogen-bond acceptors (Lipinski definition) is 4. The molecule has 0 aromatic heterocycles. The Balaban J connectivity index is 2.08. The van der Waals surface area contributed by atoms with Crippen LogP contribution >= 0.6 is 0 Å². The van der Waals surface area contributed by atoms with Crippen molar-refractivity contribution in [2.45, 2.75) is 49.6 Å². The van der Waals surface area contributed by atoms with Crippen molar-refractivity contribution < 1.29 is 17.6 Å². The van der Waals surface area contributed by atoms with Gasteiger partial charge in [0.2, 0.25) is 0 Å². The number of amides is 1. The normalized spacial score (nSPS) is 40.0. The third kappa shape index (κ3) is 1.39. The van der Waals surface area contributed by atoms with Crippen LogP contribution in [0.1, 0.15) is 33.1 Å². The Morgan fingerprint density at radius 1 is 1.45 bits per heavy atom. The molecule has 3 rings (SSSR count). The standard InChI is InChI=1S/C14H19NO4Se/c1-8-9(2)20(18,19)14(11(8)15-13(14)17)12(16)10-6-4-3-5-7-10/h4,6,10-12,16H,3,5,7H2,1-2H3,(H,15,17)/t10-,11+,12+,14+/m1/s1. The number of β-lactam (4-membered cyclic amide) rings is 1. The Bertz CT molecular complexity index is 634. The van der Waals surface area contributed by atoms with Crippen LogP contribution in [0.15, 0.2) is 22.2 Å². The Morgan fingerprint density at radius 2 is 2.15 bits per heavy atom. The quantitative estimate of drug-likeness (QED) is 0.447. The van der Waals surface area contributed by atoms with Gasteiger partial charge in [-0.05, 0) is 0 Å². The number of hydrogen-bond donors (Lipinski definition) is 2. The van der Waals surface area contributed by atoms with Crippen LogP contribution < -0.4 is 5.32 Å². The second-order valence-electron chi connectivity index (χ2n) is 5.91. The van der Waals surface area contributed by atoms with Crippen LogP contribution in [-0.4, -0.2) is 35.9 Å². The van der Waals surface area contributed by atoms with Crippen molar-refractivity contribution in [3.63, 3.8) is 0 Å². The van der Waals surface area contributed by atoms with Gasteiger partial charge in [-0.15, -0.1) is 0 Å². The first-order chi connectivity index (χ1) is 9.35. The molecule has 4 atom stereocenters. The summed E-state index contributed by atoms with van der Waals surface area (Å²) in [6, 6.07) is -0.546. The Hall–Kier alpha value is -0.971. The first-order valence-electron chi connectivity index (χ1n) is 6.93. The molecule has 6 heteroatoms. The van der Waals surface area contributed by atoms with Gasteiger partial charge in [0.15, 0.2) is 0 Å². The molecule has 2 heterocycles. The van der Waals surface area contributed by atoms with E-state index in [-0.39, 0.29) is 5.92 Å². The average Bonchev–Trinajstić information content (AvgIpc) is 2.54. The summed E-state index contributed by atoms with van der Waals surface area (Å²) in [6.45, 7) is 3.28. The molecule has 0 spiro atoms. The first kappa shape index (κ1) is 14.0. The Morgan fingerprint density at radius 3 is 2.65 bits per heavy atom. The zero-order chi connectivity index (χ0) is 14.7. The molecule has 1 saturated heterocycles. The molecule has 0 bridgehead atoms. The monoisotopic (exact) mass is 345 g/mol. The molecule has 2 N–H and O–H groups in total. The average molecular weight is 344 g/mol. The molecule has 0 unspecified atom stereocenters. The number of carbonyl (C=O) groups is 1. The molecule has 0 aromatic rings. The van der Waals surface area contributed by atoms with E-state index in [0.29, 0.717) is 10.0 Å². The number of allylic oxidation sites excluding steroid dienone is 2. The number of nitrogens with one attached hydrogen (secondary N) is 1. The molecule has 5 nitrogen and oxygen atoms in total. The van der Waals surface area contributed by atoms with E-state index in [2.05, 4.69) is 5.32 Å². The fraction of sp³-hybridized carbons (Fsp3) is 0.643. The molecule has 0 aromatic carbocycles. The predicted octanol–water partition coefficient (Wildman–Crippen LogP) is 1.13. The van der Waals surface area contributed by atoms with Crippen molar-refractivity contribution in [3.05, 3.63) is 22.2 Å². The maximum atomic E-state index is 12.8. The van der Waals surface area contributed by atoms with E-state index in [9.17, 15) is 17.6 Å². The van der Waals surface area contributed by atoms with E-state index in [1.807, 2.05) is 12.2 Å². The van der Waals surface area contributed by atoms with Gasteiger partial charge in [0, 0.05) is 0 Å². The number of aliphatic hydroxyl groups excluding tert-OH is 1. The fourth-order valence-electron chi connectivity index (χ4n) is 3.66. The molecule has 3 aliphatic rings. The summed E-state index contributed by atoms with van der Waals surface area (Å²) < 4.78 is 24.2. The summed E-state index contributed by atoms with van der Waals surface area (Å²) in [4.78, 5) is 12.1. The van der Waals surface area contributed by atoms with Gasteiger partial charge in [-0.3, -0.25) is 0 Å². The molecular formula is C14H19NO4Se. The second-order valence-corrected chi connectivity index (χ2v) is 10.7. The van der Waals surface area contributed by atoms with Crippen molar-refractivity contribution in [2.24, 2.45) is 5.92 Å². The van der Waals surface area contributed by atoms with Gasteiger partial charge in [0.05, 0.1) is 0 Å². The van der Waals surface area contributed by atoms with Crippen molar-refractivity contribution in [1.29, 1.82) is 0 Å². The Labute approximate surface area is 119 Å². The van der Waals surface area contributed by atoms with E-state index in [1.165, 1.54) is 0 Å². The molecule has 1 aliphatic carbocycles. The summed E-state index contributed by atoms with van der Waals surface area (Å²) in [6.07, 6.45) is 5.26. The molecular weight excluding hydrogens is 325 g/mol. The third-order valence-electron chi connectivity index (χ3n) is 5.03. The second kappa shape index (κ2) is 4.26. The van der Waals surface area contributed by atoms with Gasteiger partial charge >= 0.3 is 119 Å². The summed E-state index contributed by atoms with van der Waals surface area (Å²) in [7, 11) is 0. The van der Waals surface area contributed by atoms with Gasteiger partial charge < -0.3 is 0 Å². The zero-order valence-electron chi connectivity index (χ0n) is 11.6. The van der Waals surface area contributed by atoms with E-state index in [0.717, 1.165) is 19.3 Å². The van der Waals surface area contributed by atoms with Crippen molar-refractivity contribution >= 4 is 18.6 Å². The van der Waals surface area contributed by atoms with Crippen LogP contribution in [0, 0.1) is 5.92 Å². The van der Waals surface area contributed by atoms with Crippen molar-refractivity contribution in [2.75, 3.05) is 0 Å². The predicted molar refractivity (Wildman–Crippen MR) is 72.6 cm³/mol. The third-order valence-corrected chi connectivity index (χ3v) is 10.7. The van der Waals surface area contributed by atoms with Crippen LogP contribution in [0.3, 0.4) is 0 Å². The molecule has 0 radical (unpaired) electrons. The van der Waals surface area contributed by atoms with Crippen molar-refractivity contribution in [1.82, 2.24) is 5.32 Å². The summed E-state index contributed by atoms with van der Waals surface area (Å²) >= 11 is -4.67. The van der Waals surface area contributed by atoms with Crippen LogP contribution in [0.2, 0.25) is 4.31 Å². The van der Waals surface area contributed by atoms with Crippen LogP contribution in [0.4, 0.5) is 0 Å². The molecule has 2 aliphatic heterocycles. The summed E-state index contributed by atoms with van der Waals surface area (Å²) in [5.74, 6) is -0.786. The van der Waals surface area contributed by atoms with E-state index in [1.54, 1.807) is 13.8 Å². The molecule has 1 fully saturated rings. The molecule has 20 heavy (non-hydrogen) atoms. The van der Waals surface area contributed by atoms with Gasteiger partial charge in [-0.1, -0.05) is 0 Å².